The van der Waals surface area contributed by atoms with E-state index in [1.165, 1.54) is 11.0 Å². The fourth-order valence-corrected chi connectivity index (χ4v) is 8.79. The number of allylic oxidation sites excluding steroid dienone is 1. The van der Waals surface area contributed by atoms with Gasteiger partial charge in [0.2, 0.25) is 21.8 Å². The van der Waals surface area contributed by atoms with Crippen LogP contribution in [0.15, 0.2) is 36.9 Å². The average Bonchev–Trinajstić information content (AvgIpc) is 3.98. The van der Waals surface area contributed by atoms with Gasteiger partial charge in [0.05, 0.1) is 18.3 Å². The summed E-state index contributed by atoms with van der Waals surface area (Å²) in [7, 11) is -3.90. The topological polar surface area (TPSA) is 183 Å². The number of nitrogens with one attached hydrogen (secondary N) is 4. The van der Waals surface area contributed by atoms with Crippen LogP contribution in [-0.4, -0.2) is 89.1 Å². The molecule has 282 valence electrons. The summed E-state index contributed by atoms with van der Waals surface area (Å²) in [5.74, 6) is -2.60. The van der Waals surface area contributed by atoms with E-state index in [-0.39, 0.29) is 19.4 Å². The molecular weight excluding hydrogens is 689 g/mol. The summed E-state index contributed by atoms with van der Waals surface area (Å²) in [5.41, 5.74) is 0.829. The second-order valence-corrected chi connectivity index (χ2v) is 17.4. The molecule has 1 aromatic rings. The molecule has 52 heavy (non-hydrogen) atoms. The number of amides is 6. The molecule has 6 amide bonds. The smallest absolute Gasteiger partial charge is 0.410 e. The number of carbonyl (C=O) groups is 5. The third-order valence-corrected chi connectivity index (χ3v) is 12.6. The van der Waals surface area contributed by atoms with Gasteiger partial charge in [-0.25, -0.2) is 18.0 Å². The van der Waals surface area contributed by atoms with Crippen molar-refractivity contribution in [2.75, 3.05) is 6.54 Å². The first-order chi connectivity index (χ1) is 24.7. The first-order valence-corrected chi connectivity index (χ1v) is 19.8. The SMILES string of the molecule is C=C[C@@H]1C[C@]1(NC(=O)[C@@H]1C[C@@H]2CN1C(=O)[C@H](CCCC)NC(=O)NC(C)(C)CCC=Cc1cccc3c1CN(C3)C(=O)O2)C(=O)NS(=O)(=O)C1CC1. The highest BCUT2D eigenvalue weighted by atomic mass is 32.2. The summed E-state index contributed by atoms with van der Waals surface area (Å²) in [6.45, 7) is 10.1. The van der Waals surface area contributed by atoms with Crippen molar-refractivity contribution in [2.45, 2.75) is 126 Å². The minimum atomic E-state index is -3.90. The van der Waals surface area contributed by atoms with E-state index in [4.69, 9.17) is 4.74 Å². The second kappa shape index (κ2) is 14.6. The lowest BCUT2D eigenvalue weighted by atomic mass is 9.97. The molecule has 2 aliphatic carbocycles. The van der Waals surface area contributed by atoms with Crippen molar-refractivity contribution in [2.24, 2.45) is 5.92 Å². The van der Waals surface area contributed by atoms with Crippen LogP contribution in [0.25, 0.3) is 6.08 Å². The number of urea groups is 1. The van der Waals surface area contributed by atoms with Crippen LogP contribution in [0.4, 0.5) is 9.59 Å². The Labute approximate surface area is 305 Å². The van der Waals surface area contributed by atoms with Crippen LogP contribution >= 0.6 is 0 Å². The maximum atomic E-state index is 14.4. The Balaban J connectivity index is 1.28. The third kappa shape index (κ3) is 7.98. The standard InChI is InChI=1S/C37H50N6O8S/c1-5-7-14-29-32(45)43-21-26(18-30(43)31(44)39-37(19-25(37)6-2)33(46)41-52(49,50)27-15-16-27)51-35(48)42-20-24-13-10-12-23(28(24)22-42)11-8-9-17-36(3,4)40-34(47)38-29/h6,8,10-13,25-27,29-30H,2,5,7,9,14-22H2,1,3-4H3,(H,39,44)(H,41,46)(H2,38,40,47)/t25-,26-,29+,30+,37-/m1/s1. The number of carbonyl (C=O) groups excluding carboxylic acids is 5. The van der Waals surface area contributed by atoms with Crippen molar-refractivity contribution < 1.29 is 37.1 Å². The minimum Gasteiger partial charge on any atom is -0.444 e. The van der Waals surface area contributed by atoms with Crippen LogP contribution in [0.3, 0.4) is 0 Å². The number of unbranched alkanes of at least 4 members (excludes halogenated alkanes) is 1. The predicted octanol–water partition coefficient (Wildman–Crippen LogP) is 3.22. The minimum absolute atomic E-state index is 0.0609. The van der Waals surface area contributed by atoms with E-state index >= 15 is 0 Å². The molecule has 15 heteroatoms. The molecule has 5 atom stereocenters. The number of nitrogens with zero attached hydrogens (tertiary/aromatic N) is 2. The summed E-state index contributed by atoms with van der Waals surface area (Å²) in [6, 6.07) is 3.22. The van der Waals surface area contributed by atoms with Crippen molar-refractivity contribution in [1.82, 2.24) is 30.5 Å². The summed E-state index contributed by atoms with van der Waals surface area (Å²) in [5, 5.41) is 7.95. The van der Waals surface area contributed by atoms with Gasteiger partial charge in [0, 0.05) is 24.4 Å². The molecule has 6 rings (SSSR count). The molecule has 3 fully saturated rings. The van der Waals surface area contributed by atoms with Crippen LogP contribution in [0.5, 0.6) is 0 Å². The zero-order valence-electron chi connectivity index (χ0n) is 30.1. The lowest BCUT2D eigenvalue weighted by molar-refractivity contribution is -0.141. The molecule has 3 aliphatic heterocycles. The molecule has 0 unspecified atom stereocenters. The van der Waals surface area contributed by atoms with Gasteiger partial charge in [-0.15, -0.1) is 6.58 Å². The molecule has 3 heterocycles. The molecule has 4 bridgehead atoms. The monoisotopic (exact) mass is 738 g/mol. The second-order valence-electron chi connectivity index (χ2n) is 15.4. The zero-order chi connectivity index (χ0) is 37.4. The third-order valence-electron chi connectivity index (χ3n) is 10.8. The normalized spacial score (nSPS) is 28.8. The van der Waals surface area contributed by atoms with E-state index in [1.807, 2.05) is 45.0 Å². The fourth-order valence-electron chi connectivity index (χ4n) is 7.43. The van der Waals surface area contributed by atoms with E-state index in [0.29, 0.717) is 51.6 Å². The quantitative estimate of drug-likeness (QED) is 0.279. The van der Waals surface area contributed by atoms with Crippen LogP contribution in [0.1, 0.15) is 95.2 Å². The van der Waals surface area contributed by atoms with Gasteiger partial charge in [-0.3, -0.25) is 24.0 Å². The number of fused-ring (bicyclic) bond motifs is 3. The first kappa shape index (κ1) is 37.4. The van der Waals surface area contributed by atoms with Gasteiger partial charge < -0.3 is 25.6 Å². The highest BCUT2D eigenvalue weighted by Crippen LogP contribution is 2.45. The van der Waals surface area contributed by atoms with E-state index < -0.39 is 80.3 Å². The van der Waals surface area contributed by atoms with Gasteiger partial charge >= 0.3 is 12.1 Å². The molecule has 1 aromatic carbocycles. The van der Waals surface area contributed by atoms with Gasteiger partial charge in [-0.2, -0.15) is 0 Å². The maximum absolute atomic E-state index is 14.4. The molecule has 5 aliphatic rings. The van der Waals surface area contributed by atoms with Crippen LogP contribution in [-0.2, 0) is 42.2 Å². The van der Waals surface area contributed by atoms with Crippen molar-refractivity contribution in [3.05, 3.63) is 53.6 Å². The lowest BCUT2D eigenvalue weighted by Crippen LogP contribution is -2.59. The molecule has 0 radical (unpaired) electrons. The zero-order valence-corrected chi connectivity index (χ0v) is 30.9. The molecule has 1 saturated heterocycles. The molecule has 14 nitrogen and oxygen atoms in total. The number of hydrogen-bond donors (Lipinski definition) is 4. The maximum Gasteiger partial charge on any atom is 0.410 e. The van der Waals surface area contributed by atoms with Crippen LogP contribution in [0.2, 0.25) is 0 Å². The highest BCUT2D eigenvalue weighted by Gasteiger charge is 2.62. The fraction of sp³-hybridized carbons (Fsp3) is 0.595. The largest absolute Gasteiger partial charge is 0.444 e. The number of rotatable bonds is 9. The van der Waals surface area contributed by atoms with E-state index in [0.717, 1.165) is 23.1 Å². The summed E-state index contributed by atoms with van der Waals surface area (Å²) >= 11 is 0. The summed E-state index contributed by atoms with van der Waals surface area (Å²) in [6.07, 6.45) is 8.07. The van der Waals surface area contributed by atoms with Crippen molar-refractivity contribution >= 4 is 45.9 Å². The molecule has 4 N–H and O–H groups in total. The van der Waals surface area contributed by atoms with Crippen molar-refractivity contribution in [3.63, 3.8) is 0 Å². The molecule has 0 spiro atoms. The highest BCUT2D eigenvalue weighted by molar-refractivity contribution is 7.91. The Morgan fingerprint density at radius 2 is 1.92 bits per heavy atom. The van der Waals surface area contributed by atoms with E-state index in [9.17, 15) is 32.4 Å². The number of hydrogen-bond acceptors (Lipinski definition) is 8. The molecule has 0 aromatic heterocycles. The number of benzene rings is 1. The lowest BCUT2D eigenvalue weighted by Gasteiger charge is -2.31. The Hall–Kier alpha value is -4.40. The van der Waals surface area contributed by atoms with Gasteiger partial charge in [0.25, 0.3) is 5.91 Å². The van der Waals surface area contributed by atoms with Gasteiger partial charge in [-0.1, -0.05) is 56.2 Å². The Bertz CT molecular complexity index is 1770. The Morgan fingerprint density at radius 1 is 1.15 bits per heavy atom. The van der Waals surface area contributed by atoms with Crippen molar-refractivity contribution in [3.8, 4) is 0 Å². The van der Waals surface area contributed by atoms with Gasteiger partial charge in [0.15, 0.2) is 0 Å². The Kier molecular flexibility index (Phi) is 10.5. The summed E-state index contributed by atoms with van der Waals surface area (Å²) in [4.78, 5) is 71.8. The van der Waals surface area contributed by atoms with E-state index in [1.54, 1.807) is 4.90 Å². The van der Waals surface area contributed by atoms with Crippen molar-refractivity contribution in [1.29, 1.82) is 0 Å². The average molecular weight is 739 g/mol. The number of ether oxygens (including phenoxy) is 1. The molecular formula is C37H50N6O8S. The Morgan fingerprint density at radius 3 is 2.62 bits per heavy atom. The van der Waals surface area contributed by atoms with Crippen LogP contribution < -0.4 is 20.7 Å². The first-order valence-electron chi connectivity index (χ1n) is 18.3. The number of sulfonamides is 1. The van der Waals surface area contributed by atoms with Gasteiger partial charge in [0.1, 0.15) is 23.7 Å². The van der Waals surface area contributed by atoms with Crippen LogP contribution in [0, 0.1) is 5.92 Å². The summed E-state index contributed by atoms with van der Waals surface area (Å²) < 4.78 is 33.4. The predicted molar refractivity (Wildman–Crippen MR) is 193 cm³/mol. The van der Waals surface area contributed by atoms with E-state index in [2.05, 4.69) is 33.3 Å². The van der Waals surface area contributed by atoms with Gasteiger partial charge in [-0.05, 0) is 69.1 Å². The molecule has 2 saturated carbocycles.